The van der Waals surface area contributed by atoms with Crippen LogP contribution in [0.1, 0.15) is 56.2 Å². The molecule has 3 N–H and O–H groups in total. The summed E-state index contributed by atoms with van der Waals surface area (Å²) < 4.78 is 0. The maximum absolute atomic E-state index is 14.2. The van der Waals surface area contributed by atoms with Gasteiger partial charge in [-0.15, -0.1) is 0 Å². The average Bonchev–Trinajstić information content (AvgIpc) is 3.00. The number of aliphatic carboxylic acids is 1. The van der Waals surface area contributed by atoms with E-state index in [1.807, 2.05) is 30.3 Å². The second-order valence-electron chi connectivity index (χ2n) is 10.1. The highest BCUT2D eigenvalue weighted by atomic mass is 35.5. The van der Waals surface area contributed by atoms with Crippen molar-refractivity contribution in [2.75, 3.05) is 6.61 Å². The third kappa shape index (κ3) is 6.58. The molecule has 4 aromatic carbocycles. The highest BCUT2D eigenvalue weighted by Crippen LogP contribution is 2.48. The lowest BCUT2D eigenvalue weighted by Gasteiger charge is -2.45. The Bertz CT molecular complexity index is 1630. The monoisotopic (exact) mass is 618 g/mol. The van der Waals surface area contributed by atoms with Crippen LogP contribution in [0.5, 0.6) is 0 Å². The van der Waals surface area contributed by atoms with E-state index in [4.69, 9.17) is 33.1 Å². The summed E-state index contributed by atoms with van der Waals surface area (Å²) in [5.74, 6) is -2.78. The van der Waals surface area contributed by atoms with Gasteiger partial charge in [-0.25, -0.2) is 5.48 Å². The maximum Gasteiger partial charge on any atom is 0.307 e. The van der Waals surface area contributed by atoms with Crippen LogP contribution >= 0.6 is 23.2 Å². The molecule has 0 saturated heterocycles. The first kappa shape index (κ1) is 30.3. The van der Waals surface area contributed by atoms with Crippen molar-refractivity contribution in [1.82, 2.24) is 10.4 Å². The smallest absolute Gasteiger partial charge is 0.307 e. The standard InChI is InChI=1S/C33H28Cl2N2O6/c34-23-14-15-26(27(35)17-23)31-30(32(41)36-43-19-21-12-10-20(11-13-21)16-29(39)40)24-8-4-5-9-25(24)33(42)37(31)28(18-38)22-6-2-1-3-7-22/h1-15,17,28,30-31,38H,16,18-19H2,(H,36,41)(H,39,40)/t28-,30+,31-/m1/s1. The minimum absolute atomic E-state index is 0.0196. The summed E-state index contributed by atoms with van der Waals surface area (Å²) in [6.07, 6.45) is -0.0966. The second-order valence-corrected chi connectivity index (χ2v) is 11.0. The Kier molecular flexibility index (Phi) is 9.43. The van der Waals surface area contributed by atoms with Gasteiger partial charge >= 0.3 is 5.97 Å². The lowest BCUT2D eigenvalue weighted by atomic mass is 9.78. The zero-order chi connectivity index (χ0) is 30.5. The molecular weight excluding hydrogens is 591 g/mol. The van der Waals surface area contributed by atoms with Crippen LogP contribution in [0.2, 0.25) is 10.0 Å². The van der Waals surface area contributed by atoms with Crippen molar-refractivity contribution in [3.8, 4) is 0 Å². The molecule has 43 heavy (non-hydrogen) atoms. The maximum atomic E-state index is 14.2. The Hall–Kier alpha value is -4.21. The van der Waals surface area contributed by atoms with Crippen molar-refractivity contribution in [3.63, 3.8) is 0 Å². The molecule has 1 aliphatic rings. The number of halogens is 2. The van der Waals surface area contributed by atoms with Crippen LogP contribution in [0, 0.1) is 0 Å². The van der Waals surface area contributed by atoms with Crippen LogP contribution < -0.4 is 5.48 Å². The molecule has 10 heteroatoms. The van der Waals surface area contributed by atoms with Gasteiger partial charge in [0, 0.05) is 15.6 Å². The number of carboxylic acid groups (broad SMARTS) is 1. The lowest BCUT2D eigenvalue weighted by molar-refractivity contribution is -0.138. The number of nitrogens with one attached hydrogen (secondary N) is 1. The number of aliphatic hydroxyl groups excluding tert-OH is 1. The van der Waals surface area contributed by atoms with Gasteiger partial charge in [-0.3, -0.25) is 19.2 Å². The zero-order valence-corrected chi connectivity index (χ0v) is 24.3. The number of carbonyl (C=O) groups is 3. The molecule has 0 radical (unpaired) electrons. The molecule has 0 aromatic heterocycles. The molecule has 0 spiro atoms. The number of amides is 2. The summed E-state index contributed by atoms with van der Waals surface area (Å²) in [6, 6.07) is 25.9. The first-order valence-electron chi connectivity index (χ1n) is 13.5. The minimum Gasteiger partial charge on any atom is -0.481 e. The highest BCUT2D eigenvalue weighted by molar-refractivity contribution is 6.35. The summed E-state index contributed by atoms with van der Waals surface area (Å²) in [4.78, 5) is 46.3. The van der Waals surface area contributed by atoms with Gasteiger partial charge in [0.2, 0.25) is 0 Å². The number of fused-ring (bicyclic) bond motifs is 1. The number of carbonyl (C=O) groups excluding carboxylic acids is 2. The summed E-state index contributed by atoms with van der Waals surface area (Å²) in [5, 5.41) is 20.3. The van der Waals surface area contributed by atoms with Crippen molar-refractivity contribution < 1.29 is 29.4 Å². The van der Waals surface area contributed by atoms with Gasteiger partial charge < -0.3 is 15.1 Å². The van der Waals surface area contributed by atoms with Gasteiger partial charge in [-0.2, -0.15) is 0 Å². The molecule has 1 heterocycles. The first-order valence-corrected chi connectivity index (χ1v) is 14.3. The number of benzene rings is 4. The van der Waals surface area contributed by atoms with Gasteiger partial charge in [0.15, 0.2) is 0 Å². The summed E-state index contributed by atoms with van der Waals surface area (Å²) in [5.41, 5.74) is 5.90. The van der Waals surface area contributed by atoms with Crippen molar-refractivity contribution >= 4 is 41.0 Å². The van der Waals surface area contributed by atoms with Crippen molar-refractivity contribution in [3.05, 3.63) is 140 Å². The first-order chi connectivity index (χ1) is 20.8. The van der Waals surface area contributed by atoms with Gasteiger partial charge in [0.25, 0.3) is 11.8 Å². The number of carboxylic acids is 1. The molecule has 0 unspecified atom stereocenters. The molecule has 8 nitrogen and oxygen atoms in total. The van der Waals surface area contributed by atoms with Crippen LogP contribution in [0.15, 0.2) is 97.1 Å². The number of nitrogens with zero attached hydrogens (tertiary/aromatic N) is 1. The lowest BCUT2D eigenvalue weighted by Crippen LogP contribution is -2.49. The fourth-order valence-corrected chi connectivity index (χ4v) is 5.98. The van der Waals surface area contributed by atoms with Gasteiger partial charge in [-0.1, -0.05) is 102 Å². The Balaban J connectivity index is 1.52. The van der Waals surface area contributed by atoms with E-state index in [1.54, 1.807) is 66.7 Å². The third-order valence-electron chi connectivity index (χ3n) is 7.42. The van der Waals surface area contributed by atoms with Crippen molar-refractivity contribution in [1.29, 1.82) is 0 Å². The molecule has 0 fully saturated rings. The largest absolute Gasteiger partial charge is 0.481 e. The molecule has 4 aromatic rings. The van der Waals surface area contributed by atoms with E-state index in [0.29, 0.717) is 32.8 Å². The summed E-state index contributed by atoms with van der Waals surface area (Å²) in [6.45, 7) is -0.381. The van der Waals surface area contributed by atoms with E-state index in [-0.39, 0.29) is 24.0 Å². The Morgan fingerprint density at radius 3 is 2.23 bits per heavy atom. The number of aliphatic hydroxyl groups is 1. The highest BCUT2D eigenvalue weighted by Gasteiger charge is 2.47. The fraction of sp³-hybridized carbons (Fsp3) is 0.182. The molecule has 0 bridgehead atoms. The van der Waals surface area contributed by atoms with E-state index in [2.05, 4.69) is 5.48 Å². The molecule has 1 aliphatic heterocycles. The summed E-state index contributed by atoms with van der Waals surface area (Å²) >= 11 is 12.9. The zero-order valence-electron chi connectivity index (χ0n) is 22.8. The summed E-state index contributed by atoms with van der Waals surface area (Å²) in [7, 11) is 0. The molecule has 0 aliphatic carbocycles. The van der Waals surface area contributed by atoms with Crippen LogP contribution in [-0.2, 0) is 27.5 Å². The minimum atomic E-state index is -0.969. The van der Waals surface area contributed by atoms with E-state index in [0.717, 1.165) is 5.56 Å². The molecule has 2 amide bonds. The molecular formula is C33H28Cl2N2O6. The second kappa shape index (κ2) is 13.4. The Morgan fingerprint density at radius 1 is 0.884 bits per heavy atom. The Morgan fingerprint density at radius 2 is 1.56 bits per heavy atom. The Labute approximate surface area is 258 Å². The third-order valence-corrected chi connectivity index (χ3v) is 7.99. The van der Waals surface area contributed by atoms with Gasteiger partial charge in [0.05, 0.1) is 37.6 Å². The van der Waals surface area contributed by atoms with E-state index < -0.39 is 36.5 Å². The van der Waals surface area contributed by atoms with E-state index >= 15 is 0 Å². The predicted molar refractivity (Wildman–Crippen MR) is 162 cm³/mol. The molecule has 0 saturated carbocycles. The quantitative estimate of drug-likeness (QED) is 0.191. The van der Waals surface area contributed by atoms with Crippen molar-refractivity contribution in [2.24, 2.45) is 0 Å². The van der Waals surface area contributed by atoms with Crippen LogP contribution in [0.4, 0.5) is 0 Å². The number of hydrogen-bond acceptors (Lipinski definition) is 5. The van der Waals surface area contributed by atoms with E-state index in [9.17, 15) is 19.5 Å². The normalized spacial score (nSPS) is 16.8. The van der Waals surface area contributed by atoms with E-state index in [1.165, 1.54) is 4.90 Å². The molecule has 5 rings (SSSR count). The number of hydrogen-bond donors (Lipinski definition) is 3. The number of hydroxylamine groups is 1. The number of rotatable bonds is 10. The van der Waals surface area contributed by atoms with Crippen molar-refractivity contribution in [2.45, 2.75) is 31.0 Å². The SMILES string of the molecule is O=C(O)Cc1ccc(CONC(=O)[C@H]2c3ccccc3C(=O)N([C@H](CO)c3ccccc3)[C@@H]2c2ccc(Cl)cc2Cl)cc1. The molecule has 3 atom stereocenters. The molecule has 220 valence electrons. The van der Waals surface area contributed by atoms with Crippen LogP contribution in [0.25, 0.3) is 0 Å². The fourth-order valence-electron chi connectivity index (χ4n) is 5.46. The van der Waals surface area contributed by atoms with Gasteiger partial charge in [-0.05, 0) is 46.0 Å². The topological polar surface area (TPSA) is 116 Å². The van der Waals surface area contributed by atoms with Crippen LogP contribution in [-0.4, -0.2) is 39.5 Å². The van der Waals surface area contributed by atoms with Crippen LogP contribution in [0.3, 0.4) is 0 Å². The van der Waals surface area contributed by atoms with Gasteiger partial charge in [0.1, 0.15) is 0 Å². The predicted octanol–water partition coefficient (Wildman–Crippen LogP) is 5.88. The average molecular weight is 620 g/mol.